The highest BCUT2D eigenvalue weighted by atomic mass is 14.3. The summed E-state index contributed by atoms with van der Waals surface area (Å²) in [6.45, 7) is 2.23. The van der Waals surface area contributed by atoms with Crippen LogP contribution < -0.4 is 0 Å². The molecule has 0 spiro atoms. The molecule has 13 heavy (non-hydrogen) atoms. The number of benzene rings is 1. The summed E-state index contributed by atoms with van der Waals surface area (Å²) < 4.78 is 0. The molecule has 0 heterocycles. The molecule has 0 bridgehead atoms. The van der Waals surface area contributed by atoms with Crippen molar-refractivity contribution in [2.24, 2.45) is 0 Å². The Labute approximate surface area is 81.0 Å². The Morgan fingerprint density at radius 2 is 2.23 bits per heavy atom. The summed E-state index contributed by atoms with van der Waals surface area (Å²) in [5.74, 6) is 0.872. The normalized spacial score (nSPS) is 16.1. The molecule has 2 rings (SSSR count). The quantitative estimate of drug-likeness (QED) is 0.651. The highest BCUT2D eigenvalue weighted by Crippen LogP contribution is 2.39. The molecular weight excluding hydrogens is 156 g/mol. The lowest BCUT2D eigenvalue weighted by Gasteiger charge is -2.01. The van der Waals surface area contributed by atoms with Gasteiger partial charge in [0.2, 0.25) is 0 Å². The van der Waals surface area contributed by atoms with Crippen molar-refractivity contribution in [3.05, 3.63) is 35.4 Å². The first kappa shape index (κ1) is 8.80. The molecule has 0 heteroatoms. The molecule has 1 fully saturated rings. The summed E-state index contributed by atoms with van der Waals surface area (Å²) in [6, 6.07) is 10.1. The van der Waals surface area contributed by atoms with Gasteiger partial charge in [-0.1, -0.05) is 31.5 Å². The summed E-state index contributed by atoms with van der Waals surface area (Å²) in [4.78, 5) is 0. The van der Waals surface area contributed by atoms with Crippen molar-refractivity contribution in [2.45, 2.75) is 44.9 Å². The van der Waals surface area contributed by atoms with Crippen LogP contribution in [0.5, 0.6) is 0 Å². The molecule has 69 valence electrons. The van der Waals surface area contributed by atoms with Crippen LogP contribution in [0.2, 0.25) is 0 Å². The minimum Gasteiger partial charge on any atom is -0.0654 e. The van der Waals surface area contributed by atoms with E-state index in [9.17, 15) is 0 Å². The van der Waals surface area contributed by atoms with Crippen LogP contribution in [0.4, 0.5) is 0 Å². The Balaban J connectivity index is 1.96. The maximum absolute atomic E-state index is 3.39. The van der Waals surface area contributed by atoms with Gasteiger partial charge in [0.15, 0.2) is 0 Å². The fourth-order valence-corrected chi connectivity index (χ4v) is 1.66. The minimum absolute atomic E-state index is 0.872. The lowest BCUT2D eigenvalue weighted by atomic mass is 10.0. The van der Waals surface area contributed by atoms with Crippen LogP contribution in [0.3, 0.4) is 0 Å². The summed E-state index contributed by atoms with van der Waals surface area (Å²) in [7, 11) is 0. The second kappa shape index (κ2) is 3.95. The lowest BCUT2D eigenvalue weighted by Crippen LogP contribution is -1.86. The number of rotatable bonds is 4. The highest BCUT2D eigenvalue weighted by molar-refractivity contribution is 5.27. The van der Waals surface area contributed by atoms with E-state index >= 15 is 0 Å². The molecule has 0 nitrogen and oxygen atoms in total. The van der Waals surface area contributed by atoms with Crippen molar-refractivity contribution in [3.8, 4) is 0 Å². The highest BCUT2D eigenvalue weighted by Gasteiger charge is 2.22. The summed E-state index contributed by atoms with van der Waals surface area (Å²) in [6.07, 6.45) is 6.54. The predicted octanol–water partition coefficient (Wildman–Crippen LogP) is 3.71. The monoisotopic (exact) mass is 173 g/mol. The minimum atomic E-state index is 0.872. The van der Waals surface area contributed by atoms with Gasteiger partial charge in [0, 0.05) is 0 Å². The topological polar surface area (TPSA) is 0 Å². The number of unbranched alkanes of at least 4 members (excludes halogenated alkanes) is 1. The third-order valence-electron chi connectivity index (χ3n) is 2.75. The molecule has 1 aromatic rings. The molecule has 1 aromatic carbocycles. The zero-order valence-electron chi connectivity index (χ0n) is 8.34. The summed E-state index contributed by atoms with van der Waals surface area (Å²) >= 11 is 0. The van der Waals surface area contributed by atoms with Crippen LogP contribution in [-0.4, -0.2) is 0 Å². The Kier molecular flexibility index (Phi) is 2.68. The van der Waals surface area contributed by atoms with Gasteiger partial charge in [0.1, 0.15) is 0 Å². The van der Waals surface area contributed by atoms with Crippen LogP contribution in [0.1, 0.15) is 49.7 Å². The number of hydrogen-bond donors (Lipinski definition) is 0. The van der Waals surface area contributed by atoms with Crippen LogP contribution in [0.25, 0.3) is 0 Å². The van der Waals surface area contributed by atoms with Crippen LogP contribution in [0, 0.1) is 6.07 Å². The molecule has 0 amide bonds. The lowest BCUT2D eigenvalue weighted by molar-refractivity contribution is 0.794. The standard InChI is InChI=1S/C13H17/c1-2-3-4-11-5-7-12(8-6-11)13-9-10-13/h5,7-8,13H,2-4,9-10H2,1H3. The van der Waals surface area contributed by atoms with Gasteiger partial charge in [0.25, 0.3) is 0 Å². The van der Waals surface area contributed by atoms with Crippen molar-refractivity contribution >= 4 is 0 Å². The van der Waals surface area contributed by atoms with Gasteiger partial charge in [-0.2, -0.15) is 0 Å². The van der Waals surface area contributed by atoms with Crippen molar-refractivity contribution < 1.29 is 0 Å². The van der Waals surface area contributed by atoms with E-state index in [0.29, 0.717) is 0 Å². The van der Waals surface area contributed by atoms with Crippen LogP contribution in [0.15, 0.2) is 18.2 Å². The molecule has 1 aliphatic rings. The maximum atomic E-state index is 3.39. The zero-order chi connectivity index (χ0) is 9.10. The predicted molar refractivity (Wildman–Crippen MR) is 55.9 cm³/mol. The Morgan fingerprint density at radius 3 is 2.77 bits per heavy atom. The van der Waals surface area contributed by atoms with E-state index in [4.69, 9.17) is 0 Å². The van der Waals surface area contributed by atoms with Gasteiger partial charge in [-0.25, -0.2) is 0 Å². The van der Waals surface area contributed by atoms with Crippen LogP contribution >= 0.6 is 0 Å². The second-order valence-corrected chi connectivity index (χ2v) is 4.03. The SMILES string of the molecule is CCCCc1[c]cc(C2CC2)cc1. The van der Waals surface area contributed by atoms with E-state index in [2.05, 4.69) is 31.2 Å². The molecule has 0 N–H and O–H groups in total. The van der Waals surface area contributed by atoms with E-state index in [1.165, 1.54) is 43.2 Å². The Morgan fingerprint density at radius 1 is 1.38 bits per heavy atom. The first-order chi connectivity index (χ1) is 6.40. The smallest absolute Gasteiger partial charge is 0.0146 e. The van der Waals surface area contributed by atoms with Crippen molar-refractivity contribution in [1.82, 2.24) is 0 Å². The molecule has 0 atom stereocenters. The van der Waals surface area contributed by atoms with Crippen LogP contribution in [-0.2, 0) is 6.42 Å². The van der Waals surface area contributed by atoms with Gasteiger partial charge < -0.3 is 0 Å². The second-order valence-electron chi connectivity index (χ2n) is 4.03. The number of hydrogen-bond acceptors (Lipinski definition) is 0. The average Bonchev–Trinajstić information content (AvgIpc) is 2.99. The van der Waals surface area contributed by atoms with Crippen molar-refractivity contribution in [2.75, 3.05) is 0 Å². The largest absolute Gasteiger partial charge is 0.0654 e. The average molecular weight is 173 g/mol. The molecule has 1 saturated carbocycles. The molecule has 1 radical (unpaired) electrons. The van der Waals surface area contributed by atoms with E-state index in [1.54, 1.807) is 0 Å². The van der Waals surface area contributed by atoms with E-state index in [0.717, 1.165) is 5.92 Å². The third-order valence-corrected chi connectivity index (χ3v) is 2.75. The summed E-state index contributed by atoms with van der Waals surface area (Å²) in [5.41, 5.74) is 2.88. The van der Waals surface area contributed by atoms with E-state index in [-0.39, 0.29) is 0 Å². The van der Waals surface area contributed by atoms with E-state index < -0.39 is 0 Å². The summed E-state index contributed by atoms with van der Waals surface area (Å²) in [5, 5.41) is 0. The van der Waals surface area contributed by atoms with Crippen molar-refractivity contribution in [1.29, 1.82) is 0 Å². The fourth-order valence-electron chi connectivity index (χ4n) is 1.66. The molecular formula is C13H17. The third kappa shape index (κ3) is 2.33. The van der Waals surface area contributed by atoms with Gasteiger partial charge >= 0.3 is 0 Å². The Bertz CT molecular complexity index is 254. The van der Waals surface area contributed by atoms with Gasteiger partial charge in [-0.15, -0.1) is 0 Å². The molecule has 0 unspecified atom stereocenters. The molecule has 1 aliphatic carbocycles. The molecule has 0 aromatic heterocycles. The molecule has 0 saturated heterocycles. The van der Waals surface area contributed by atoms with Gasteiger partial charge in [0.05, 0.1) is 0 Å². The van der Waals surface area contributed by atoms with E-state index in [1.807, 2.05) is 0 Å². The Hall–Kier alpha value is -0.780. The fraction of sp³-hybridized carbons (Fsp3) is 0.538. The number of aryl methyl sites for hydroxylation is 1. The first-order valence-electron chi connectivity index (χ1n) is 5.40. The van der Waals surface area contributed by atoms with Gasteiger partial charge in [-0.05, 0) is 48.8 Å². The van der Waals surface area contributed by atoms with Gasteiger partial charge in [-0.3, -0.25) is 0 Å². The zero-order valence-corrected chi connectivity index (χ0v) is 8.34. The maximum Gasteiger partial charge on any atom is -0.0146 e. The molecule has 0 aliphatic heterocycles. The van der Waals surface area contributed by atoms with Crippen molar-refractivity contribution in [3.63, 3.8) is 0 Å². The first-order valence-corrected chi connectivity index (χ1v) is 5.40.